The maximum absolute atomic E-state index is 9.09. The largest absolute Gasteiger partial charge is 0.393 e. The quantitative estimate of drug-likeness (QED) is 0.817. The first-order valence-corrected chi connectivity index (χ1v) is 5.12. The molecule has 0 saturated carbocycles. The second-order valence-corrected chi connectivity index (χ2v) is 3.95. The number of aliphatic hydroxyl groups excluding tert-OH is 1. The molecular weight excluding hydrogens is 232 g/mol. The zero-order valence-electron chi connectivity index (χ0n) is 7.16. The highest BCUT2D eigenvalue weighted by Gasteiger charge is 2.20. The summed E-state index contributed by atoms with van der Waals surface area (Å²) < 4.78 is 6.56. The number of ether oxygens (including phenoxy) is 1. The van der Waals surface area contributed by atoms with Crippen molar-refractivity contribution < 1.29 is 9.84 Å². The summed E-state index contributed by atoms with van der Waals surface area (Å²) in [7, 11) is 0. The highest BCUT2D eigenvalue weighted by atomic mass is 79.9. The van der Waals surface area contributed by atoms with Crippen LogP contribution in [-0.4, -0.2) is 18.3 Å². The van der Waals surface area contributed by atoms with E-state index in [2.05, 4.69) is 15.9 Å². The Bertz CT molecular complexity index is 312. The summed E-state index contributed by atoms with van der Waals surface area (Å²) >= 11 is 3.50. The molecule has 1 aliphatic rings. The van der Waals surface area contributed by atoms with Gasteiger partial charge in [-0.25, -0.2) is 0 Å². The van der Waals surface area contributed by atoms with Crippen LogP contribution in [0, 0.1) is 0 Å². The van der Waals surface area contributed by atoms with Crippen molar-refractivity contribution in [2.75, 3.05) is 13.2 Å². The van der Waals surface area contributed by atoms with E-state index < -0.39 is 0 Å². The number of hydrogen-bond donors (Lipinski definition) is 1. The summed E-state index contributed by atoms with van der Waals surface area (Å²) in [6, 6.07) is 6.01. The molecule has 0 unspecified atom stereocenters. The molecule has 1 aromatic rings. The lowest BCUT2D eigenvalue weighted by Crippen LogP contribution is -2.19. The first-order valence-electron chi connectivity index (χ1n) is 4.32. The van der Waals surface area contributed by atoms with Crippen molar-refractivity contribution in [3.63, 3.8) is 0 Å². The van der Waals surface area contributed by atoms with E-state index in [0.29, 0.717) is 6.61 Å². The van der Waals surface area contributed by atoms with Crippen LogP contribution in [0.1, 0.15) is 17.2 Å². The Morgan fingerprint density at radius 3 is 3.15 bits per heavy atom. The van der Waals surface area contributed by atoms with Crippen LogP contribution in [0.3, 0.4) is 0 Å². The molecule has 1 aliphatic heterocycles. The second kappa shape index (κ2) is 3.78. The number of fused-ring (bicyclic) bond motifs is 1. The zero-order chi connectivity index (χ0) is 9.26. The number of hydrogen-bond acceptors (Lipinski definition) is 2. The molecule has 0 radical (unpaired) electrons. The average Bonchev–Trinajstić information content (AvgIpc) is 2.18. The Labute approximate surface area is 85.7 Å². The van der Waals surface area contributed by atoms with Gasteiger partial charge in [-0.1, -0.05) is 28.1 Å². The SMILES string of the molecule is OC[C@@H]1OCCc2c(Br)cccc21. The van der Waals surface area contributed by atoms with Crippen LogP contribution in [0.2, 0.25) is 0 Å². The lowest BCUT2D eigenvalue weighted by Gasteiger charge is -2.25. The minimum atomic E-state index is -0.138. The van der Waals surface area contributed by atoms with E-state index in [9.17, 15) is 0 Å². The van der Waals surface area contributed by atoms with Crippen LogP contribution in [0.15, 0.2) is 22.7 Å². The molecule has 0 fully saturated rings. The molecule has 1 N–H and O–H groups in total. The molecule has 0 spiro atoms. The first-order chi connectivity index (χ1) is 6.33. The molecule has 0 aromatic heterocycles. The van der Waals surface area contributed by atoms with Crippen molar-refractivity contribution in [1.82, 2.24) is 0 Å². The summed E-state index contributed by atoms with van der Waals surface area (Å²) in [6.07, 6.45) is 0.786. The fraction of sp³-hybridized carbons (Fsp3) is 0.400. The van der Waals surface area contributed by atoms with Gasteiger partial charge in [0.25, 0.3) is 0 Å². The van der Waals surface area contributed by atoms with E-state index >= 15 is 0 Å². The van der Waals surface area contributed by atoms with Gasteiger partial charge < -0.3 is 9.84 Å². The van der Waals surface area contributed by atoms with Crippen LogP contribution in [0.5, 0.6) is 0 Å². The molecule has 0 amide bonds. The maximum Gasteiger partial charge on any atom is 0.106 e. The predicted molar refractivity (Wildman–Crippen MR) is 53.6 cm³/mol. The standard InChI is InChI=1S/C10H11BrO2/c11-9-3-1-2-8-7(9)4-5-13-10(8)6-12/h1-3,10,12H,4-6H2/t10-/m0/s1. The summed E-state index contributed by atoms with van der Waals surface area (Å²) in [6.45, 7) is 0.754. The van der Waals surface area contributed by atoms with Gasteiger partial charge in [-0.05, 0) is 23.6 Å². The second-order valence-electron chi connectivity index (χ2n) is 3.10. The molecule has 0 aliphatic carbocycles. The molecule has 2 rings (SSSR count). The number of rotatable bonds is 1. The Hall–Kier alpha value is -0.380. The minimum Gasteiger partial charge on any atom is -0.393 e. The average molecular weight is 243 g/mol. The molecule has 1 atom stereocenters. The number of benzene rings is 1. The normalized spacial score (nSPS) is 21.2. The Kier molecular flexibility index (Phi) is 2.67. The zero-order valence-corrected chi connectivity index (χ0v) is 8.75. The Morgan fingerprint density at radius 2 is 2.38 bits per heavy atom. The molecule has 1 heterocycles. The van der Waals surface area contributed by atoms with E-state index in [1.165, 1.54) is 5.56 Å². The fourth-order valence-corrected chi connectivity index (χ4v) is 2.26. The van der Waals surface area contributed by atoms with Crippen LogP contribution in [0.4, 0.5) is 0 Å². The van der Waals surface area contributed by atoms with E-state index in [1.807, 2.05) is 18.2 Å². The van der Waals surface area contributed by atoms with Crippen molar-refractivity contribution in [1.29, 1.82) is 0 Å². The van der Waals surface area contributed by atoms with E-state index in [4.69, 9.17) is 9.84 Å². The van der Waals surface area contributed by atoms with Gasteiger partial charge >= 0.3 is 0 Å². The summed E-state index contributed by atoms with van der Waals surface area (Å²) in [5.41, 5.74) is 2.39. The molecule has 3 heteroatoms. The van der Waals surface area contributed by atoms with Gasteiger partial charge in [-0.3, -0.25) is 0 Å². The van der Waals surface area contributed by atoms with E-state index in [-0.39, 0.29) is 12.7 Å². The number of halogens is 1. The van der Waals surface area contributed by atoms with Gasteiger partial charge in [0.2, 0.25) is 0 Å². The molecule has 70 valence electrons. The maximum atomic E-state index is 9.09. The van der Waals surface area contributed by atoms with Gasteiger partial charge in [0.05, 0.1) is 13.2 Å². The molecular formula is C10H11BrO2. The van der Waals surface area contributed by atoms with Gasteiger partial charge in [-0.15, -0.1) is 0 Å². The van der Waals surface area contributed by atoms with Gasteiger partial charge in [0, 0.05) is 4.47 Å². The highest BCUT2D eigenvalue weighted by Crippen LogP contribution is 2.31. The lowest BCUT2D eigenvalue weighted by atomic mass is 9.98. The van der Waals surface area contributed by atoms with Crippen molar-refractivity contribution in [3.8, 4) is 0 Å². The van der Waals surface area contributed by atoms with Crippen molar-refractivity contribution in [2.45, 2.75) is 12.5 Å². The third-order valence-corrected chi connectivity index (χ3v) is 3.08. The van der Waals surface area contributed by atoms with Crippen molar-refractivity contribution in [2.24, 2.45) is 0 Å². The van der Waals surface area contributed by atoms with Crippen LogP contribution >= 0.6 is 15.9 Å². The molecule has 0 saturated heterocycles. The van der Waals surface area contributed by atoms with Crippen molar-refractivity contribution >= 4 is 15.9 Å². The molecule has 1 aromatic carbocycles. The summed E-state index contributed by atoms with van der Waals surface area (Å²) in [5, 5.41) is 9.09. The van der Waals surface area contributed by atoms with E-state index in [1.54, 1.807) is 0 Å². The van der Waals surface area contributed by atoms with Crippen LogP contribution in [0.25, 0.3) is 0 Å². The Balaban J connectivity index is 2.45. The topological polar surface area (TPSA) is 29.5 Å². The van der Waals surface area contributed by atoms with Gasteiger partial charge in [0.1, 0.15) is 6.10 Å². The van der Waals surface area contributed by atoms with Crippen molar-refractivity contribution in [3.05, 3.63) is 33.8 Å². The van der Waals surface area contributed by atoms with Gasteiger partial charge in [-0.2, -0.15) is 0 Å². The molecule has 2 nitrogen and oxygen atoms in total. The monoisotopic (exact) mass is 242 g/mol. The highest BCUT2D eigenvalue weighted by molar-refractivity contribution is 9.10. The number of aliphatic hydroxyl groups is 1. The predicted octanol–water partition coefficient (Wildman–Crippen LogP) is 2.06. The third kappa shape index (κ3) is 1.64. The minimum absolute atomic E-state index is 0.0590. The Morgan fingerprint density at radius 1 is 1.54 bits per heavy atom. The smallest absolute Gasteiger partial charge is 0.106 e. The fourth-order valence-electron chi connectivity index (χ4n) is 1.68. The molecule has 0 bridgehead atoms. The van der Waals surface area contributed by atoms with E-state index in [0.717, 1.165) is 16.5 Å². The lowest BCUT2D eigenvalue weighted by molar-refractivity contribution is 0.00302. The summed E-state index contributed by atoms with van der Waals surface area (Å²) in [4.78, 5) is 0. The van der Waals surface area contributed by atoms with Gasteiger partial charge in [0.15, 0.2) is 0 Å². The van der Waals surface area contributed by atoms with Crippen LogP contribution in [-0.2, 0) is 11.2 Å². The third-order valence-electron chi connectivity index (χ3n) is 2.34. The summed E-state index contributed by atoms with van der Waals surface area (Å²) in [5.74, 6) is 0. The molecule has 13 heavy (non-hydrogen) atoms. The van der Waals surface area contributed by atoms with Crippen LogP contribution < -0.4 is 0 Å². The first kappa shape index (κ1) is 9.19.